The average Bonchev–Trinajstić information content (AvgIpc) is 2.45. The minimum Gasteiger partial charge on any atom is -0.497 e. The average molecular weight is 282 g/mol. The van der Waals surface area contributed by atoms with Crippen molar-refractivity contribution in [1.29, 1.82) is 0 Å². The molecule has 0 aliphatic rings. The topological polar surface area (TPSA) is 38.5 Å². The fraction of sp³-hybridized carbons (Fsp3) is 0.600. The molecule has 1 aromatic carbocycles. The fourth-order valence-corrected chi connectivity index (χ4v) is 2.76. The largest absolute Gasteiger partial charge is 0.497 e. The highest BCUT2D eigenvalue weighted by molar-refractivity contribution is 7.98. The lowest BCUT2D eigenvalue weighted by atomic mass is 10.0. The molecule has 108 valence electrons. The zero-order chi connectivity index (χ0) is 14.3. The summed E-state index contributed by atoms with van der Waals surface area (Å²) in [5.41, 5.74) is 7.20. The van der Waals surface area contributed by atoms with Gasteiger partial charge in [0, 0.05) is 18.6 Å². The second-order valence-corrected chi connectivity index (χ2v) is 5.81. The van der Waals surface area contributed by atoms with E-state index in [1.54, 1.807) is 7.11 Å². The number of nitrogens with two attached hydrogens (primary N) is 1. The van der Waals surface area contributed by atoms with Crippen molar-refractivity contribution >= 4 is 11.8 Å². The van der Waals surface area contributed by atoms with E-state index in [2.05, 4.69) is 37.3 Å². The number of benzene rings is 1. The zero-order valence-corrected chi connectivity index (χ0v) is 13.2. The Morgan fingerprint density at radius 3 is 2.74 bits per heavy atom. The minimum absolute atomic E-state index is 0.243. The van der Waals surface area contributed by atoms with Crippen LogP contribution in [-0.2, 0) is 0 Å². The van der Waals surface area contributed by atoms with E-state index in [0.717, 1.165) is 5.75 Å². The van der Waals surface area contributed by atoms with E-state index in [1.807, 2.05) is 23.9 Å². The van der Waals surface area contributed by atoms with Gasteiger partial charge in [-0.05, 0) is 50.1 Å². The van der Waals surface area contributed by atoms with Crippen LogP contribution in [0, 0.1) is 0 Å². The van der Waals surface area contributed by atoms with E-state index >= 15 is 0 Å². The van der Waals surface area contributed by atoms with Gasteiger partial charge in [-0.25, -0.2) is 0 Å². The second-order valence-electron chi connectivity index (χ2n) is 4.82. The van der Waals surface area contributed by atoms with Gasteiger partial charge in [0.2, 0.25) is 0 Å². The molecule has 0 heterocycles. The molecule has 0 fully saturated rings. The van der Waals surface area contributed by atoms with Crippen LogP contribution in [0.2, 0.25) is 0 Å². The maximum atomic E-state index is 5.98. The van der Waals surface area contributed by atoms with Crippen molar-refractivity contribution in [2.45, 2.75) is 25.4 Å². The molecule has 0 radical (unpaired) electrons. The summed E-state index contributed by atoms with van der Waals surface area (Å²) in [5.74, 6) is 2.07. The summed E-state index contributed by atoms with van der Waals surface area (Å²) < 4.78 is 5.29. The highest BCUT2D eigenvalue weighted by Gasteiger charge is 2.20. The first-order valence-corrected chi connectivity index (χ1v) is 8.08. The van der Waals surface area contributed by atoms with Crippen molar-refractivity contribution in [1.82, 2.24) is 4.90 Å². The molecule has 2 N–H and O–H groups in total. The van der Waals surface area contributed by atoms with E-state index < -0.39 is 0 Å². The molecule has 0 aliphatic carbocycles. The summed E-state index contributed by atoms with van der Waals surface area (Å²) in [6.45, 7) is 2.88. The highest BCUT2D eigenvalue weighted by atomic mass is 32.2. The van der Waals surface area contributed by atoms with Crippen LogP contribution in [0.5, 0.6) is 5.75 Å². The first-order chi connectivity index (χ1) is 9.13. The molecule has 0 bridgehead atoms. The molecule has 1 aromatic rings. The highest BCUT2D eigenvalue weighted by Crippen LogP contribution is 2.25. The molecule has 1 rings (SSSR count). The van der Waals surface area contributed by atoms with E-state index in [-0.39, 0.29) is 6.04 Å². The second kappa shape index (κ2) is 8.46. The molecule has 0 aliphatic heterocycles. The molecular formula is C15H26N2OS. The van der Waals surface area contributed by atoms with Crippen LogP contribution in [-0.4, -0.2) is 43.7 Å². The van der Waals surface area contributed by atoms with Gasteiger partial charge in [0.15, 0.2) is 0 Å². The molecule has 0 saturated heterocycles. The minimum atomic E-state index is 0.243. The summed E-state index contributed by atoms with van der Waals surface area (Å²) >= 11 is 1.89. The van der Waals surface area contributed by atoms with Crippen molar-refractivity contribution in [3.8, 4) is 5.75 Å². The van der Waals surface area contributed by atoms with Crippen LogP contribution in [0.25, 0.3) is 0 Å². The lowest BCUT2D eigenvalue weighted by Crippen LogP contribution is -2.37. The van der Waals surface area contributed by atoms with E-state index in [0.29, 0.717) is 12.6 Å². The Labute approximate surface area is 121 Å². The molecule has 0 amide bonds. The first kappa shape index (κ1) is 16.3. The lowest BCUT2D eigenvalue weighted by Gasteiger charge is -2.33. The number of thioether (sulfide) groups is 1. The standard InChI is InChI=1S/C15H26N2OS/c1-12(8-9-19-4)17(2)15(11-16)13-6-5-7-14(10-13)18-3/h5-7,10,12,15H,8-9,11,16H2,1-4H3. The Kier molecular flexibility index (Phi) is 7.28. The van der Waals surface area contributed by atoms with Gasteiger partial charge < -0.3 is 10.5 Å². The number of nitrogens with zero attached hydrogens (tertiary/aromatic N) is 1. The number of ether oxygens (including phenoxy) is 1. The summed E-state index contributed by atoms with van der Waals surface area (Å²) in [7, 11) is 3.85. The summed E-state index contributed by atoms with van der Waals surface area (Å²) in [5, 5.41) is 0. The van der Waals surface area contributed by atoms with Gasteiger partial charge in [-0.3, -0.25) is 4.90 Å². The van der Waals surface area contributed by atoms with Crippen LogP contribution >= 0.6 is 11.8 Å². The maximum absolute atomic E-state index is 5.98. The zero-order valence-electron chi connectivity index (χ0n) is 12.4. The van der Waals surface area contributed by atoms with Gasteiger partial charge in [-0.15, -0.1) is 0 Å². The molecule has 0 aromatic heterocycles. The molecule has 4 heteroatoms. The smallest absolute Gasteiger partial charge is 0.119 e. The van der Waals surface area contributed by atoms with Crippen molar-refractivity contribution in [2.24, 2.45) is 5.73 Å². The van der Waals surface area contributed by atoms with Gasteiger partial charge in [0.05, 0.1) is 7.11 Å². The van der Waals surface area contributed by atoms with Crippen LogP contribution < -0.4 is 10.5 Å². The first-order valence-electron chi connectivity index (χ1n) is 6.69. The van der Waals surface area contributed by atoms with E-state index in [1.165, 1.54) is 17.7 Å². The van der Waals surface area contributed by atoms with Crippen LogP contribution in [0.1, 0.15) is 24.9 Å². The van der Waals surface area contributed by atoms with Crippen molar-refractivity contribution < 1.29 is 4.74 Å². The van der Waals surface area contributed by atoms with Gasteiger partial charge in [-0.1, -0.05) is 12.1 Å². The lowest BCUT2D eigenvalue weighted by molar-refractivity contribution is 0.185. The molecule has 2 atom stereocenters. The molecule has 0 spiro atoms. The van der Waals surface area contributed by atoms with E-state index in [4.69, 9.17) is 10.5 Å². The van der Waals surface area contributed by atoms with E-state index in [9.17, 15) is 0 Å². The predicted octanol–water partition coefficient (Wildman–Crippen LogP) is 2.77. The number of methoxy groups -OCH3 is 1. The third kappa shape index (κ3) is 4.71. The summed E-state index contributed by atoms with van der Waals surface area (Å²) in [6.07, 6.45) is 3.33. The monoisotopic (exact) mass is 282 g/mol. The predicted molar refractivity (Wildman–Crippen MR) is 85.0 cm³/mol. The Morgan fingerprint density at radius 1 is 1.42 bits per heavy atom. The van der Waals surface area contributed by atoms with Crippen LogP contribution in [0.4, 0.5) is 0 Å². The summed E-state index contributed by atoms with van der Waals surface area (Å²) in [4.78, 5) is 2.37. The molecule has 2 unspecified atom stereocenters. The normalized spacial score (nSPS) is 14.4. The fourth-order valence-electron chi connectivity index (χ4n) is 2.19. The maximum Gasteiger partial charge on any atom is 0.119 e. The Bertz CT molecular complexity index is 373. The van der Waals surface area contributed by atoms with Crippen molar-refractivity contribution in [2.75, 3.05) is 32.7 Å². The van der Waals surface area contributed by atoms with Crippen molar-refractivity contribution in [3.05, 3.63) is 29.8 Å². The van der Waals surface area contributed by atoms with Gasteiger partial charge in [-0.2, -0.15) is 11.8 Å². The summed E-state index contributed by atoms with van der Waals surface area (Å²) in [6, 6.07) is 8.96. The van der Waals surface area contributed by atoms with Crippen LogP contribution in [0.15, 0.2) is 24.3 Å². The molecule has 19 heavy (non-hydrogen) atoms. The van der Waals surface area contributed by atoms with Gasteiger partial charge >= 0.3 is 0 Å². The third-order valence-corrected chi connectivity index (χ3v) is 4.27. The van der Waals surface area contributed by atoms with Gasteiger partial charge in [0.1, 0.15) is 5.75 Å². The molecule has 3 nitrogen and oxygen atoms in total. The number of hydrogen-bond donors (Lipinski definition) is 1. The third-order valence-electron chi connectivity index (χ3n) is 3.63. The van der Waals surface area contributed by atoms with Crippen LogP contribution in [0.3, 0.4) is 0 Å². The molecular weight excluding hydrogens is 256 g/mol. The van der Waals surface area contributed by atoms with Crippen molar-refractivity contribution in [3.63, 3.8) is 0 Å². The quantitative estimate of drug-likeness (QED) is 0.796. The molecule has 0 saturated carbocycles. The Morgan fingerprint density at radius 2 is 2.16 bits per heavy atom. The SMILES string of the molecule is COc1cccc(C(CN)N(C)C(C)CCSC)c1. The Hall–Kier alpha value is -0.710. The number of hydrogen-bond acceptors (Lipinski definition) is 4. The van der Waals surface area contributed by atoms with Gasteiger partial charge in [0.25, 0.3) is 0 Å². The number of likely N-dealkylation sites (N-methyl/N-ethyl adjacent to an activating group) is 1. The Balaban J connectivity index is 2.80. The number of rotatable bonds is 8.